The van der Waals surface area contributed by atoms with Crippen molar-refractivity contribution in [2.24, 2.45) is 10.9 Å². The maximum Gasteiger partial charge on any atom is 0.191 e. The highest BCUT2D eigenvalue weighted by Gasteiger charge is 2.19. The van der Waals surface area contributed by atoms with Crippen molar-refractivity contribution in [1.29, 1.82) is 0 Å². The van der Waals surface area contributed by atoms with E-state index < -0.39 is 0 Å². The van der Waals surface area contributed by atoms with Crippen LogP contribution in [-0.4, -0.2) is 43.6 Å². The molecule has 0 aromatic heterocycles. The topological polar surface area (TPSA) is 39.7 Å². The lowest BCUT2D eigenvalue weighted by atomic mass is 9.96. The largest absolute Gasteiger partial charge is 0.357 e. The molecule has 0 spiro atoms. The predicted octanol–water partition coefficient (Wildman–Crippen LogP) is 3.52. The van der Waals surface area contributed by atoms with Crippen LogP contribution in [-0.2, 0) is 6.54 Å². The van der Waals surface area contributed by atoms with Crippen LogP contribution in [0.15, 0.2) is 29.3 Å². The minimum absolute atomic E-state index is 0.685. The zero-order valence-corrected chi connectivity index (χ0v) is 15.8. The Hall–Kier alpha value is -1.26. The second-order valence-corrected chi connectivity index (χ2v) is 6.86. The van der Waals surface area contributed by atoms with Crippen LogP contribution < -0.4 is 10.6 Å². The molecule has 24 heavy (non-hydrogen) atoms. The first-order chi connectivity index (χ1) is 11.7. The molecule has 1 aliphatic heterocycles. The fourth-order valence-corrected chi connectivity index (χ4v) is 3.20. The first-order valence-electron chi connectivity index (χ1n) is 9.20. The molecule has 1 heterocycles. The van der Waals surface area contributed by atoms with E-state index in [1.165, 1.54) is 18.4 Å². The van der Waals surface area contributed by atoms with E-state index in [0.717, 1.165) is 56.7 Å². The molecule has 0 radical (unpaired) electrons. The van der Waals surface area contributed by atoms with Crippen LogP contribution in [0.5, 0.6) is 0 Å². The van der Waals surface area contributed by atoms with Crippen molar-refractivity contribution in [3.8, 4) is 0 Å². The Morgan fingerprint density at radius 2 is 1.96 bits per heavy atom. The van der Waals surface area contributed by atoms with Gasteiger partial charge in [-0.15, -0.1) is 0 Å². The van der Waals surface area contributed by atoms with E-state index in [-0.39, 0.29) is 0 Å². The van der Waals surface area contributed by atoms with Crippen LogP contribution in [0.1, 0.15) is 38.7 Å². The zero-order valence-electron chi connectivity index (χ0n) is 15.0. The summed E-state index contributed by atoms with van der Waals surface area (Å²) in [5.41, 5.74) is 1.23. The normalized spacial score (nSPS) is 17.0. The van der Waals surface area contributed by atoms with Gasteiger partial charge >= 0.3 is 0 Å². The van der Waals surface area contributed by atoms with Gasteiger partial charge in [0.05, 0.1) is 0 Å². The summed E-state index contributed by atoms with van der Waals surface area (Å²) in [6, 6.07) is 8.16. The number of likely N-dealkylation sites (tertiary alicyclic amines) is 1. The molecule has 5 heteroatoms. The highest BCUT2D eigenvalue weighted by molar-refractivity contribution is 6.31. The molecular formula is C19H31ClN4. The first kappa shape index (κ1) is 19.1. The number of piperidine rings is 1. The number of rotatable bonds is 7. The molecule has 0 aliphatic carbocycles. The molecule has 1 saturated heterocycles. The Morgan fingerprint density at radius 3 is 2.62 bits per heavy atom. The summed E-state index contributed by atoms with van der Waals surface area (Å²) < 4.78 is 0. The standard InChI is InChI=1S/C19H31ClN4/c1-3-11-22-19(21-4-2)23-14-16-9-12-24(13-10-16)15-17-7-5-6-8-18(17)20/h5-8,16H,3-4,9-15H2,1-2H3,(H2,21,22,23). The maximum absolute atomic E-state index is 6.27. The number of benzene rings is 1. The second kappa shape index (κ2) is 10.6. The SMILES string of the molecule is CCCNC(=NCC1CCN(Cc2ccccc2Cl)CC1)NCC. The van der Waals surface area contributed by atoms with Crippen molar-refractivity contribution in [3.05, 3.63) is 34.9 Å². The van der Waals surface area contributed by atoms with E-state index in [9.17, 15) is 0 Å². The lowest BCUT2D eigenvalue weighted by Gasteiger charge is -2.31. The monoisotopic (exact) mass is 350 g/mol. The molecule has 0 unspecified atom stereocenters. The number of aliphatic imine (C=N–C) groups is 1. The van der Waals surface area contributed by atoms with Crippen molar-refractivity contribution in [2.45, 2.75) is 39.7 Å². The molecule has 4 nitrogen and oxygen atoms in total. The Labute approximate surface area is 151 Å². The highest BCUT2D eigenvalue weighted by atomic mass is 35.5. The van der Waals surface area contributed by atoms with E-state index >= 15 is 0 Å². The maximum atomic E-state index is 6.27. The minimum atomic E-state index is 0.685. The smallest absolute Gasteiger partial charge is 0.191 e. The second-order valence-electron chi connectivity index (χ2n) is 6.46. The van der Waals surface area contributed by atoms with E-state index in [1.54, 1.807) is 0 Å². The van der Waals surface area contributed by atoms with Crippen LogP contribution in [0, 0.1) is 5.92 Å². The molecule has 0 atom stereocenters. The van der Waals surface area contributed by atoms with Crippen molar-refractivity contribution in [3.63, 3.8) is 0 Å². The molecule has 2 N–H and O–H groups in total. The van der Waals surface area contributed by atoms with Crippen LogP contribution >= 0.6 is 11.6 Å². The van der Waals surface area contributed by atoms with Gasteiger partial charge in [-0.3, -0.25) is 9.89 Å². The molecule has 2 rings (SSSR count). The summed E-state index contributed by atoms with van der Waals surface area (Å²) in [7, 11) is 0. The number of halogens is 1. The molecule has 1 aromatic carbocycles. The van der Waals surface area contributed by atoms with Crippen molar-refractivity contribution >= 4 is 17.6 Å². The molecular weight excluding hydrogens is 320 g/mol. The van der Waals surface area contributed by atoms with Gasteiger partial charge in [-0.2, -0.15) is 0 Å². The van der Waals surface area contributed by atoms with E-state index in [4.69, 9.17) is 16.6 Å². The summed E-state index contributed by atoms with van der Waals surface area (Å²) in [5.74, 6) is 1.64. The Morgan fingerprint density at radius 1 is 1.21 bits per heavy atom. The lowest BCUT2D eigenvalue weighted by molar-refractivity contribution is 0.180. The molecule has 1 aromatic rings. The van der Waals surface area contributed by atoms with Gasteiger partial charge < -0.3 is 10.6 Å². The number of nitrogens with zero attached hydrogens (tertiary/aromatic N) is 2. The van der Waals surface area contributed by atoms with Gasteiger partial charge in [0.25, 0.3) is 0 Å². The predicted molar refractivity (Wildman–Crippen MR) is 104 cm³/mol. The van der Waals surface area contributed by atoms with E-state index in [0.29, 0.717) is 5.92 Å². The molecule has 0 bridgehead atoms. The van der Waals surface area contributed by atoms with Crippen LogP contribution in [0.3, 0.4) is 0 Å². The average molecular weight is 351 g/mol. The van der Waals surface area contributed by atoms with Crippen LogP contribution in [0.4, 0.5) is 0 Å². The fourth-order valence-electron chi connectivity index (χ4n) is 3.00. The zero-order chi connectivity index (χ0) is 17.2. The molecule has 1 fully saturated rings. The van der Waals surface area contributed by atoms with E-state index in [2.05, 4.69) is 41.5 Å². The number of guanidine groups is 1. The van der Waals surface area contributed by atoms with Crippen molar-refractivity contribution in [2.75, 3.05) is 32.7 Å². The van der Waals surface area contributed by atoms with Gasteiger partial charge in [0.1, 0.15) is 0 Å². The Kier molecular flexibility index (Phi) is 8.40. The van der Waals surface area contributed by atoms with Gasteiger partial charge in [0.2, 0.25) is 0 Å². The number of nitrogens with one attached hydrogen (secondary N) is 2. The van der Waals surface area contributed by atoms with Crippen LogP contribution in [0.2, 0.25) is 5.02 Å². The summed E-state index contributed by atoms with van der Waals surface area (Å²) in [6.45, 7) is 10.3. The Balaban J connectivity index is 1.76. The van der Waals surface area contributed by atoms with Gasteiger partial charge in [-0.25, -0.2) is 0 Å². The van der Waals surface area contributed by atoms with Crippen LogP contribution in [0.25, 0.3) is 0 Å². The van der Waals surface area contributed by atoms with Gasteiger partial charge in [0.15, 0.2) is 5.96 Å². The Bertz CT molecular complexity index is 510. The molecule has 134 valence electrons. The van der Waals surface area contributed by atoms with E-state index in [1.807, 2.05) is 12.1 Å². The number of hydrogen-bond donors (Lipinski definition) is 2. The first-order valence-corrected chi connectivity index (χ1v) is 9.58. The van der Waals surface area contributed by atoms with Crippen molar-refractivity contribution < 1.29 is 0 Å². The van der Waals surface area contributed by atoms with Gasteiger partial charge in [-0.1, -0.05) is 36.7 Å². The third-order valence-electron chi connectivity index (χ3n) is 4.45. The number of hydrogen-bond acceptors (Lipinski definition) is 2. The van der Waals surface area contributed by atoms with Crippen molar-refractivity contribution in [1.82, 2.24) is 15.5 Å². The lowest BCUT2D eigenvalue weighted by Crippen LogP contribution is -2.39. The summed E-state index contributed by atoms with van der Waals surface area (Å²) in [4.78, 5) is 7.25. The van der Waals surface area contributed by atoms with Gasteiger partial charge in [0, 0.05) is 31.2 Å². The summed E-state index contributed by atoms with van der Waals surface area (Å²) in [5, 5.41) is 7.57. The average Bonchev–Trinajstić information content (AvgIpc) is 2.60. The molecule has 1 aliphatic rings. The van der Waals surface area contributed by atoms with Gasteiger partial charge in [-0.05, 0) is 56.8 Å². The quantitative estimate of drug-likeness (QED) is 0.584. The highest BCUT2D eigenvalue weighted by Crippen LogP contribution is 2.22. The molecule has 0 amide bonds. The summed E-state index contributed by atoms with van der Waals surface area (Å²) in [6.07, 6.45) is 3.53. The third-order valence-corrected chi connectivity index (χ3v) is 4.82. The third kappa shape index (κ3) is 6.33. The fraction of sp³-hybridized carbons (Fsp3) is 0.632. The summed E-state index contributed by atoms with van der Waals surface area (Å²) >= 11 is 6.27. The minimum Gasteiger partial charge on any atom is -0.357 e. The molecule has 0 saturated carbocycles.